The molecule has 1 aromatic heterocycles. The monoisotopic (exact) mass is 327 g/mol. The fraction of sp³-hybridized carbons (Fsp3) is 0.250. The second-order valence-electron chi connectivity index (χ2n) is 5.21. The van der Waals surface area contributed by atoms with Crippen LogP contribution in [-0.4, -0.2) is 39.9 Å². The van der Waals surface area contributed by atoms with E-state index in [1.165, 1.54) is 6.08 Å². The predicted molar refractivity (Wildman–Crippen MR) is 86.4 cm³/mol. The average molecular weight is 327 g/mol. The second-order valence-corrected chi connectivity index (χ2v) is 5.21. The molecule has 24 heavy (non-hydrogen) atoms. The first-order valence-corrected chi connectivity index (χ1v) is 7.31. The lowest BCUT2D eigenvalue weighted by atomic mass is 9.89. The van der Waals surface area contributed by atoms with Crippen molar-refractivity contribution < 1.29 is 14.3 Å². The van der Waals surface area contributed by atoms with Crippen LogP contribution in [0.25, 0.3) is 0 Å². The number of carbonyl (C=O) groups excluding carboxylic acids is 1. The molecule has 0 amide bonds. The third-order valence-corrected chi connectivity index (χ3v) is 3.77. The van der Waals surface area contributed by atoms with Crippen molar-refractivity contribution >= 4 is 11.9 Å². The molecule has 8 heteroatoms. The van der Waals surface area contributed by atoms with E-state index in [2.05, 4.69) is 34.0 Å². The third kappa shape index (κ3) is 2.73. The fourth-order valence-corrected chi connectivity index (χ4v) is 2.65. The van der Waals surface area contributed by atoms with Crippen LogP contribution in [0.1, 0.15) is 11.6 Å². The molecule has 0 saturated heterocycles. The molecule has 2 heterocycles. The minimum Gasteiger partial charge on any atom is -0.497 e. The Hall–Kier alpha value is -3.16. The quantitative estimate of drug-likeness (QED) is 0.658. The number of hydrogen-bond donors (Lipinski definition) is 1. The van der Waals surface area contributed by atoms with Gasteiger partial charge in [-0.2, -0.15) is 0 Å². The minimum absolute atomic E-state index is 0.125. The van der Waals surface area contributed by atoms with Gasteiger partial charge in [-0.15, -0.1) is 0 Å². The van der Waals surface area contributed by atoms with Gasteiger partial charge in [0, 0.05) is 5.70 Å². The van der Waals surface area contributed by atoms with Crippen LogP contribution in [0.15, 0.2) is 49.2 Å². The molecule has 8 nitrogen and oxygen atoms in total. The molecule has 1 aliphatic rings. The normalized spacial score (nSPS) is 19.1. The summed E-state index contributed by atoms with van der Waals surface area (Å²) in [5.41, 5.74) is 1.32. The van der Waals surface area contributed by atoms with Crippen LogP contribution in [0.2, 0.25) is 0 Å². The predicted octanol–water partition coefficient (Wildman–Crippen LogP) is 1.56. The highest BCUT2D eigenvalue weighted by Gasteiger charge is 2.40. The molecular formula is C16H17N5O3. The maximum atomic E-state index is 12.5. The summed E-state index contributed by atoms with van der Waals surface area (Å²) in [7, 11) is 1.59. The van der Waals surface area contributed by atoms with E-state index in [0.717, 1.165) is 5.56 Å². The van der Waals surface area contributed by atoms with Crippen LogP contribution < -0.4 is 10.1 Å². The summed E-state index contributed by atoms with van der Waals surface area (Å²) in [5, 5.41) is 14.5. The van der Waals surface area contributed by atoms with E-state index in [1.807, 2.05) is 24.3 Å². The standard InChI is InChI=1S/C16H17N5O3/c1-4-9-24-15(22)13-10(2)17-16-18-19-20-21(16)14(13)11-5-7-12(23-3)8-6-11/h4-8,13-14H,1-2,9H2,3H3,(H,17,18,20)/t13-,14-/m1/s1. The summed E-state index contributed by atoms with van der Waals surface area (Å²) in [5.74, 6) is 0.0477. The van der Waals surface area contributed by atoms with Gasteiger partial charge in [0.15, 0.2) is 0 Å². The van der Waals surface area contributed by atoms with Gasteiger partial charge in [0.05, 0.1) is 7.11 Å². The minimum atomic E-state index is -0.672. The van der Waals surface area contributed by atoms with Crippen LogP contribution >= 0.6 is 0 Å². The maximum Gasteiger partial charge on any atom is 0.317 e. The number of methoxy groups -OCH3 is 1. The highest BCUT2D eigenvalue weighted by atomic mass is 16.5. The van der Waals surface area contributed by atoms with Crippen LogP contribution in [0.3, 0.4) is 0 Å². The molecule has 0 bridgehead atoms. The lowest BCUT2D eigenvalue weighted by molar-refractivity contribution is -0.147. The Labute approximate surface area is 138 Å². The summed E-state index contributed by atoms with van der Waals surface area (Å²) in [6.07, 6.45) is 1.52. The van der Waals surface area contributed by atoms with Crippen molar-refractivity contribution in [2.75, 3.05) is 19.0 Å². The molecule has 0 radical (unpaired) electrons. The Morgan fingerprint density at radius 1 is 1.42 bits per heavy atom. The van der Waals surface area contributed by atoms with Gasteiger partial charge in [0.25, 0.3) is 0 Å². The van der Waals surface area contributed by atoms with Gasteiger partial charge in [-0.1, -0.05) is 36.5 Å². The number of ether oxygens (including phenoxy) is 2. The van der Waals surface area contributed by atoms with E-state index < -0.39 is 17.9 Å². The van der Waals surface area contributed by atoms with E-state index in [0.29, 0.717) is 17.4 Å². The highest BCUT2D eigenvalue weighted by molar-refractivity contribution is 5.79. The number of hydrogen-bond acceptors (Lipinski definition) is 7. The zero-order valence-corrected chi connectivity index (χ0v) is 13.2. The van der Waals surface area contributed by atoms with Crippen molar-refractivity contribution in [3.8, 4) is 5.75 Å². The summed E-state index contributed by atoms with van der Waals surface area (Å²) < 4.78 is 12.0. The number of carbonyl (C=O) groups is 1. The Kier molecular flexibility index (Phi) is 4.28. The number of fused-ring (bicyclic) bond motifs is 1. The van der Waals surface area contributed by atoms with Gasteiger partial charge < -0.3 is 14.8 Å². The summed E-state index contributed by atoms with van der Waals surface area (Å²) in [6.45, 7) is 7.62. The Morgan fingerprint density at radius 3 is 2.83 bits per heavy atom. The van der Waals surface area contributed by atoms with Gasteiger partial charge in [-0.3, -0.25) is 4.79 Å². The van der Waals surface area contributed by atoms with E-state index in [-0.39, 0.29) is 6.61 Å². The lowest BCUT2D eigenvalue weighted by Crippen LogP contribution is -2.37. The first kappa shape index (κ1) is 15.7. The third-order valence-electron chi connectivity index (χ3n) is 3.77. The van der Waals surface area contributed by atoms with Crippen molar-refractivity contribution in [1.82, 2.24) is 20.2 Å². The topological polar surface area (TPSA) is 91.2 Å². The maximum absolute atomic E-state index is 12.5. The Bertz CT molecular complexity index is 768. The average Bonchev–Trinajstić information content (AvgIpc) is 3.06. The number of benzene rings is 1. The molecule has 2 aromatic rings. The van der Waals surface area contributed by atoms with Crippen molar-refractivity contribution in [3.63, 3.8) is 0 Å². The molecule has 1 N–H and O–H groups in total. The molecule has 2 atom stereocenters. The number of anilines is 1. The van der Waals surface area contributed by atoms with Gasteiger partial charge >= 0.3 is 5.97 Å². The van der Waals surface area contributed by atoms with Gasteiger partial charge in [0.1, 0.15) is 24.3 Å². The van der Waals surface area contributed by atoms with Crippen molar-refractivity contribution in [2.45, 2.75) is 6.04 Å². The second kappa shape index (κ2) is 6.53. The SMILES string of the molecule is C=CCOC(=O)[C@@H]1C(=C)Nc2nnnn2[C@@H]1c1ccc(OC)cc1. The van der Waals surface area contributed by atoms with Crippen LogP contribution in [0.4, 0.5) is 5.95 Å². The van der Waals surface area contributed by atoms with Crippen LogP contribution in [0.5, 0.6) is 5.75 Å². The molecule has 0 unspecified atom stereocenters. The van der Waals surface area contributed by atoms with Crippen molar-refractivity contribution in [2.24, 2.45) is 5.92 Å². The van der Waals surface area contributed by atoms with Crippen molar-refractivity contribution in [3.05, 3.63) is 54.8 Å². The van der Waals surface area contributed by atoms with Gasteiger partial charge in [-0.05, 0) is 28.1 Å². The van der Waals surface area contributed by atoms with Crippen LogP contribution in [-0.2, 0) is 9.53 Å². The van der Waals surface area contributed by atoms with E-state index in [1.54, 1.807) is 11.8 Å². The number of rotatable bonds is 5. The molecular weight excluding hydrogens is 310 g/mol. The molecule has 124 valence electrons. The fourth-order valence-electron chi connectivity index (χ4n) is 2.65. The zero-order chi connectivity index (χ0) is 17.1. The molecule has 1 aromatic carbocycles. The lowest BCUT2D eigenvalue weighted by Gasteiger charge is -2.32. The number of nitrogens with one attached hydrogen (secondary N) is 1. The molecule has 0 fully saturated rings. The van der Waals surface area contributed by atoms with E-state index in [4.69, 9.17) is 9.47 Å². The molecule has 0 aliphatic carbocycles. The van der Waals surface area contributed by atoms with Gasteiger partial charge in [-0.25, -0.2) is 4.68 Å². The number of nitrogens with zero attached hydrogens (tertiary/aromatic N) is 4. The van der Waals surface area contributed by atoms with Crippen molar-refractivity contribution in [1.29, 1.82) is 0 Å². The first-order chi connectivity index (χ1) is 11.7. The number of esters is 1. The summed E-state index contributed by atoms with van der Waals surface area (Å²) in [4.78, 5) is 12.5. The Morgan fingerprint density at radius 2 is 2.17 bits per heavy atom. The van der Waals surface area contributed by atoms with Gasteiger partial charge in [0.2, 0.25) is 5.95 Å². The van der Waals surface area contributed by atoms with E-state index >= 15 is 0 Å². The number of tetrazole rings is 1. The first-order valence-electron chi connectivity index (χ1n) is 7.31. The summed E-state index contributed by atoms with van der Waals surface area (Å²) >= 11 is 0. The van der Waals surface area contributed by atoms with E-state index in [9.17, 15) is 4.79 Å². The number of aromatic nitrogens is 4. The highest BCUT2D eigenvalue weighted by Crippen LogP contribution is 2.37. The Balaban J connectivity index is 2.03. The molecule has 0 saturated carbocycles. The smallest absolute Gasteiger partial charge is 0.317 e. The largest absolute Gasteiger partial charge is 0.497 e. The molecule has 3 rings (SSSR count). The molecule has 0 spiro atoms. The molecule has 1 aliphatic heterocycles. The zero-order valence-electron chi connectivity index (χ0n) is 13.2. The van der Waals surface area contributed by atoms with Crippen LogP contribution in [0, 0.1) is 5.92 Å². The summed E-state index contributed by atoms with van der Waals surface area (Å²) in [6, 6.07) is 6.89.